The highest BCUT2D eigenvalue weighted by atomic mass is 32.1. The lowest BCUT2D eigenvalue weighted by Crippen LogP contribution is -2.35. The Bertz CT molecular complexity index is 1100. The summed E-state index contributed by atoms with van der Waals surface area (Å²) >= 11 is 1.62. The standard InChI is InChI=1S/C23H29N3O5S/c1-2-6-20(28)31-14-15(27)11-26(12-16-7-5-10-30-16)13-19-24-22(29)21-17-8-3-4-9-18(17)32-23(21)25-19/h5,7,10,15,27H,2-4,6,8-9,11-14H2,1H3,(H,24,25,29)/t15-/m1/s1. The van der Waals surface area contributed by atoms with Gasteiger partial charge in [0.15, 0.2) is 0 Å². The number of carbonyl (C=O) groups excluding carboxylic acids is 1. The molecule has 0 saturated carbocycles. The molecule has 0 bridgehead atoms. The Hall–Kier alpha value is -2.49. The lowest BCUT2D eigenvalue weighted by Gasteiger charge is -2.23. The number of nitrogens with one attached hydrogen (secondary N) is 1. The molecule has 0 amide bonds. The van der Waals surface area contributed by atoms with E-state index in [4.69, 9.17) is 14.1 Å². The highest BCUT2D eigenvalue weighted by molar-refractivity contribution is 7.18. The van der Waals surface area contributed by atoms with Crippen LogP contribution in [-0.2, 0) is 35.5 Å². The largest absolute Gasteiger partial charge is 0.468 e. The zero-order chi connectivity index (χ0) is 22.5. The number of ether oxygens (including phenoxy) is 1. The number of aromatic nitrogens is 2. The van der Waals surface area contributed by atoms with Crippen LogP contribution in [0.1, 0.15) is 54.6 Å². The Morgan fingerprint density at radius 2 is 2.22 bits per heavy atom. The molecule has 9 heteroatoms. The average molecular weight is 460 g/mol. The van der Waals surface area contributed by atoms with Gasteiger partial charge in [0, 0.05) is 17.8 Å². The monoisotopic (exact) mass is 459 g/mol. The highest BCUT2D eigenvalue weighted by Gasteiger charge is 2.21. The fraction of sp³-hybridized carbons (Fsp3) is 0.522. The molecular weight excluding hydrogens is 430 g/mol. The molecule has 2 N–H and O–H groups in total. The van der Waals surface area contributed by atoms with Crippen LogP contribution in [0.3, 0.4) is 0 Å². The summed E-state index contributed by atoms with van der Waals surface area (Å²) < 4.78 is 10.6. The molecule has 0 spiro atoms. The first-order valence-corrected chi connectivity index (χ1v) is 12.0. The molecule has 1 aliphatic rings. The van der Waals surface area contributed by atoms with E-state index in [0.717, 1.165) is 47.2 Å². The predicted octanol–water partition coefficient (Wildman–Crippen LogP) is 3.16. The second-order valence-electron chi connectivity index (χ2n) is 8.24. The molecule has 0 radical (unpaired) electrons. The summed E-state index contributed by atoms with van der Waals surface area (Å²) in [4.78, 5) is 36.1. The van der Waals surface area contributed by atoms with Gasteiger partial charge in [-0.05, 0) is 49.8 Å². The minimum atomic E-state index is -0.865. The van der Waals surface area contributed by atoms with Crippen LogP contribution in [-0.4, -0.2) is 45.2 Å². The van der Waals surface area contributed by atoms with E-state index in [1.54, 1.807) is 23.7 Å². The Morgan fingerprint density at radius 1 is 1.38 bits per heavy atom. The third-order valence-corrected chi connectivity index (χ3v) is 6.75. The van der Waals surface area contributed by atoms with Crippen molar-refractivity contribution in [2.75, 3.05) is 13.2 Å². The number of fused-ring (bicyclic) bond motifs is 3. The first-order chi connectivity index (χ1) is 15.5. The van der Waals surface area contributed by atoms with Crippen LogP contribution in [0.4, 0.5) is 0 Å². The van der Waals surface area contributed by atoms with Crippen molar-refractivity contribution in [3.63, 3.8) is 0 Å². The molecule has 172 valence electrons. The second kappa shape index (κ2) is 10.4. The molecule has 0 fully saturated rings. The number of H-pyrrole nitrogens is 1. The number of aliphatic hydroxyl groups excluding tert-OH is 1. The average Bonchev–Trinajstić information content (AvgIpc) is 3.39. The van der Waals surface area contributed by atoms with Crippen LogP contribution < -0.4 is 5.56 Å². The van der Waals surface area contributed by atoms with Gasteiger partial charge in [-0.25, -0.2) is 4.98 Å². The molecule has 1 atom stereocenters. The molecular formula is C23H29N3O5S. The zero-order valence-corrected chi connectivity index (χ0v) is 19.1. The Balaban J connectivity index is 1.50. The summed E-state index contributed by atoms with van der Waals surface area (Å²) in [6.45, 7) is 2.82. The minimum Gasteiger partial charge on any atom is -0.468 e. The van der Waals surface area contributed by atoms with Crippen LogP contribution in [0.5, 0.6) is 0 Å². The maximum atomic E-state index is 12.9. The molecule has 3 heterocycles. The van der Waals surface area contributed by atoms with E-state index in [1.807, 2.05) is 17.9 Å². The number of aryl methyl sites for hydroxylation is 2. The molecule has 3 aromatic rings. The molecule has 1 aliphatic carbocycles. The normalized spacial score (nSPS) is 14.6. The van der Waals surface area contributed by atoms with Crippen LogP contribution in [0.2, 0.25) is 0 Å². The van der Waals surface area contributed by atoms with E-state index in [0.29, 0.717) is 31.8 Å². The topological polar surface area (TPSA) is 109 Å². The van der Waals surface area contributed by atoms with Crippen molar-refractivity contribution in [3.8, 4) is 0 Å². The van der Waals surface area contributed by atoms with Gasteiger partial charge in [-0.15, -0.1) is 11.3 Å². The Morgan fingerprint density at radius 3 is 3.00 bits per heavy atom. The number of nitrogens with zero attached hydrogens (tertiary/aromatic N) is 2. The molecule has 3 aromatic heterocycles. The van der Waals surface area contributed by atoms with Crippen LogP contribution in [0.25, 0.3) is 10.2 Å². The molecule has 0 saturated heterocycles. The number of carbonyl (C=O) groups is 1. The van der Waals surface area contributed by atoms with E-state index >= 15 is 0 Å². The summed E-state index contributed by atoms with van der Waals surface area (Å²) in [5.74, 6) is 0.959. The first-order valence-electron chi connectivity index (χ1n) is 11.1. The number of esters is 1. The van der Waals surface area contributed by atoms with E-state index in [-0.39, 0.29) is 24.7 Å². The highest BCUT2D eigenvalue weighted by Crippen LogP contribution is 2.33. The van der Waals surface area contributed by atoms with Crippen LogP contribution >= 0.6 is 11.3 Å². The number of furan rings is 1. The Kier molecular flexibility index (Phi) is 7.39. The Labute approximate surface area is 190 Å². The molecule has 0 unspecified atom stereocenters. The second-order valence-corrected chi connectivity index (χ2v) is 9.32. The molecule has 8 nitrogen and oxygen atoms in total. The molecule has 32 heavy (non-hydrogen) atoms. The zero-order valence-electron chi connectivity index (χ0n) is 18.3. The van der Waals surface area contributed by atoms with Crippen molar-refractivity contribution in [2.45, 2.75) is 64.6 Å². The third-order valence-electron chi connectivity index (χ3n) is 5.57. The molecule has 0 aliphatic heterocycles. The van der Waals surface area contributed by atoms with Gasteiger partial charge in [-0.1, -0.05) is 6.92 Å². The number of aliphatic hydroxyl groups is 1. The van der Waals surface area contributed by atoms with Gasteiger partial charge in [0.25, 0.3) is 5.56 Å². The third kappa shape index (κ3) is 5.46. The van der Waals surface area contributed by atoms with Gasteiger partial charge < -0.3 is 19.2 Å². The van der Waals surface area contributed by atoms with Gasteiger partial charge >= 0.3 is 5.97 Å². The lowest BCUT2D eigenvalue weighted by atomic mass is 9.97. The number of aromatic amines is 1. The number of rotatable bonds is 10. The minimum absolute atomic E-state index is 0.0753. The van der Waals surface area contributed by atoms with Gasteiger partial charge in [-0.3, -0.25) is 14.5 Å². The van der Waals surface area contributed by atoms with Crippen molar-refractivity contribution in [3.05, 3.63) is 50.8 Å². The quantitative estimate of drug-likeness (QED) is 0.448. The fourth-order valence-corrected chi connectivity index (χ4v) is 5.40. The first kappa shape index (κ1) is 22.7. The van der Waals surface area contributed by atoms with Gasteiger partial charge in [0.05, 0.1) is 24.7 Å². The number of thiophene rings is 1. The smallest absolute Gasteiger partial charge is 0.305 e. The fourth-order valence-electron chi connectivity index (χ4n) is 4.12. The van der Waals surface area contributed by atoms with Gasteiger partial charge in [-0.2, -0.15) is 0 Å². The van der Waals surface area contributed by atoms with Gasteiger partial charge in [0.1, 0.15) is 29.1 Å². The molecule has 4 rings (SSSR count). The van der Waals surface area contributed by atoms with E-state index in [2.05, 4.69) is 4.98 Å². The van der Waals surface area contributed by atoms with E-state index in [1.165, 1.54) is 4.88 Å². The van der Waals surface area contributed by atoms with Crippen molar-refractivity contribution in [1.82, 2.24) is 14.9 Å². The van der Waals surface area contributed by atoms with Crippen molar-refractivity contribution in [1.29, 1.82) is 0 Å². The van der Waals surface area contributed by atoms with Crippen LogP contribution in [0.15, 0.2) is 27.6 Å². The van der Waals surface area contributed by atoms with E-state index in [9.17, 15) is 14.7 Å². The van der Waals surface area contributed by atoms with Crippen LogP contribution in [0, 0.1) is 0 Å². The van der Waals surface area contributed by atoms with Crippen molar-refractivity contribution in [2.24, 2.45) is 0 Å². The maximum absolute atomic E-state index is 12.9. The van der Waals surface area contributed by atoms with Gasteiger partial charge in [0.2, 0.25) is 0 Å². The summed E-state index contributed by atoms with van der Waals surface area (Å²) in [6.07, 6.45) is 5.98. The van der Waals surface area contributed by atoms with E-state index < -0.39 is 6.10 Å². The van der Waals surface area contributed by atoms with Crippen molar-refractivity contribution >= 4 is 27.5 Å². The summed E-state index contributed by atoms with van der Waals surface area (Å²) in [5.41, 5.74) is 1.06. The maximum Gasteiger partial charge on any atom is 0.305 e. The number of hydrogen-bond acceptors (Lipinski definition) is 8. The predicted molar refractivity (Wildman–Crippen MR) is 122 cm³/mol. The number of hydrogen-bond donors (Lipinski definition) is 2. The van der Waals surface area contributed by atoms with Crippen molar-refractivity contribution < 1.29 is 19.1 Å². The lowest BCUT2D eigenvalue weighted by molar-refractivity contribution is -0.147. The SMILES string of the molecule is CCCC(=O)OC[C@H](O)CN(Cc1nc2sc3c(c2c(=O)[nH]1)CCCC3)Cc1ccco1. The summed E-state index contributed by atoms with van der Waals surface area (Å²) in [7, 11) is 0. The summed E-state index contributed by atoms with van der Waals surface area (Å²) in [5, 5.41) is 11.2. The summed E-state index contributed by atoms with van der Waals surface area (Å²) in [6, 6.07) is 3.66. The molecule has 0 aromatic carbocycles.